The predicted octanol–water partition coefficient (Wildman–Crippen LogP) is 3.18. The van der Waals surface area contributed by atoms with Crippen LogP contribution in [0.25, 0.3) is 0 Å². The van der Waals surface area contributed by atoms with Crippen molar-refractivity contribution in [3.63, 3.8) is 0 Å². The molecule has 0 aliphatic rings. The van der Waals surface area contributed by atoms with Crippen LogP contribution < -0.4 is 0 Å². The standard InChI is InChI=1S/C14H16BrN3/c1-11-4-3-5-14(17-11)10-18(2)9-12-6-13(15)8-16-7-12/h3-8H,9-10H2,1-2H3. The Kier molecular flexibility index (Phi) is 4.44. The highest BCUT2D eigenvalue weighted by Crippen LogP contribution is 2.12. The molecular formula is C14H16BrN3. The van der Waals surface area contributed by atoms with Crippen LogP contribution in [0.3, 0.4) is 0 Å². The second kappa shape index (κ2) is 6.07. The Labute approximate surface area is 116 Å². The zero-order valence-electron chi connectivity index (χ0n) is 10.6. The molecule has 0 unspecified atom stereocenters. The maximum Gasteiger partial charge on any atom is 0.0547 e. The van der Waals surface area contributed by atoms with Crippen LogP contribution in [-0.2, 0) is 13.1 Å². The Morgan fingerprint density at radius 3 is 2.78 bits per heavy atom. The van der Waals surface area contributed by atoms with Gasteiger partial charge in [0, 0.05) is 35.6 Å². The maximum atomic E-state index is 4.51. The molecule has 0 amide bonds. The molecule has 0 spiro atoms. The van der Waals surface area contributed by atoms with Crippen molar-refractivity contribution >= 4 is 15.9 Å². The van der Waals surface area contributed by atoms with E-state index in [1.54, 1.807) is 6.20 Å². The van der Waals surface area contributed by atoms with Gasteiger partial charge in [0.1, 0.15) is 0 Å². The Bertz CT molecular complexity index is 480. The van der Waals surface area contributed by atoms with Gasteiger partial charge in [0.25, 0.3) is 0 Å². The summed E-state index contributed by atoms with van der Waals surface area (Å²) in [5.74, 6) is 0. The summed E-state index contributed by atoms with van der Waals surface area (Å²) in [6, 6.07) is 8.21. The van der Waals surface area contributed by atoms with Crippen LogP contribution >= 0.6 is 15.9 Å². The van der Waals surface area contributed by atoms with Crippen LogP contribution in [0.5, 0.6) is 0 Å². The maximum absolute atomic E-state index is 4.51. The van der Waals surface area contributed by atoms with Crippen molar-refractivity contribution in [3.05, 3.63) is 58.1 Å². The lowest BCUT2D eigenvalue weighted by atomic mass is 10.2. The van der Waals surface area contributed by atoms with E-state index in [0.717, 1.165) is 29.0 Å². The number of aryl methyl sites for hydroxylation is 1. The number of aromatic nitrogens is 2. The summed E-state index contributed by atoms with van der Waals surface area (Å²) in [6.45, 7) is 3.72. The van der Waals surface area contributed by atoms with E-state index in [1.807, 2.05) is 25.3 Å². The van der Waals surface area contributed by atoms with E-state index in [9.17, 15) is 0 Å². The molecule has 0 aliphatic heterocycles. The van der Waals surface area contributed by atoms with E-state index in [1.165, 1.54) is 5.56 Å². The summed E-state index contributed by atoms with van der Waals surface area (Å²) in [4.78, 5) is 10.9. The van der Waals surface area contributed by atoms with Crippen LogP contribution in [0.4, 0.5) is 0 Å². The summed E-state index contributed by atoms with van der Waals surface area (Å²) in [5.41, 5.74) is 3.35. The summed E-state index contributed by atoms with van der Waals surface area (Å²) < 4.78 is 1.02. The van der Waals surface area contributed by atoms with Crippen LogP contribution in [0.15, 0.2) is 41.1 Å². The van der Waals surface area contributed by atoms with Crippen LogP contribution in [0.1, 0.15) is 17.0 Å². The normalized spacial score (nSPS) is 10.9. The predicted molar refractivity (Wildman–Crippen MR) is 76.1 cm³/mol. The number of pyridine rings is 2. The molecule has 2 aromatic rings. The number of rotatable bonds is 4. The molecule has 2 rings (SSSR count). The van der Waals surface area contributed by atoms with Gasteiger partial charge in [-0.2, -0.15) is 0 Å². The van der Waals surface area contributed by atoms with E-state index in [0.29, 0.717) is 0 Å². The molecule has 2 aromatic heterocycles. The molecule has 0 fully saturated rings. The molecular weight excluding hydrogens is 290 g/mol. The lowest BCUT2D eigenvalue weighted by molar-refractivity contribution is 0.314. The van der Waals surface area contributed by atoms with Crippen molar-refractivity contribution in [1.82, 2.24) is 14.9 Å². The third kappa shape index (κ3) is 3.89. The molecule has 0 saturated heterocycles. The summed E-state index contributed by atoms with van der Waals surface area (Å²) in [5, 5.41) is 0. The van der Waals surface area contributed by atoms with Gasteiger partial charge in [0.2, 0.25) is 0 Å². The van der Waals surface area contributed by atoms with E-state index >= 15 is 0 Å². The van der Waals surface area contributed by atoms with Gasteiger partial charge in [0.15, 0.2) is 0 Å². The van der Waals surface area contributed by atoms with Crippen LogP contribution in [0, 0.1) is 6.92 Å². The lowest BCUT2D eigenvalue weighted by Gasteiger charge is -2.16. The van der Waals surface area contributed by atoms with Gasteiger partial charge in [-0.1, -0.05) is 6.07 Å². The number of hydrogen-bond donors (Lipinski definition) is 0. The number of nitrogens with zero attached hydrogens (tertiary/aromatic N) is 3. The smallest absolute Gasteiger partial charge is 0.0547 e. The fraction of sp³-hybridized carbons (Fsp3) is 0.286. The highest BCUT2D eigenvalue weighted by atomic mass is 79.9. The Morgan fingerprint density at radius 2 is 2.06 bits per heavy atom. The topological polar surface area (TPSA) is 29.0 Å². The molecule has 4 heteroatoms. The molecule has 94 valence electrons. The highest BCUT2D eigenvalue weighted by Gasteiger charge is 2.03. The average Bonchev–Trinajstić information content (AvgIpc) is 2.28. The average molecular weight is 306 g/mol. The van der Waals surface area contributed by atoms with Gasteiger partial charge in [-0.3, -0.25) is 14.9 Å². The second-order valence-electron chi connectivity index (χ2n) is 4.45. The van der Waals surface area contributed by atoms with E-state index in [-0.39, 0.29) is 0 Å². The van der Waals surface area contributed by atoms with Gasteiger partial charge in [0.05, 0.1) is 5.69 Å². The summed E-state index contributed by atoms with van der Waals surface area (Å²) >= 11 is 3.44. The van der Waals surface area contributed by atoms with Crippen molar-refractivity contribution in [2.75, 3.05) is 7.05 Å². The number of halogens is 1. The Balaban J connectivity index is 1.98. The third-order valence-corrected chi connectivity index (χ3v) is 3.03. The molecule has 18 heavy (non-hydrogen) atoms. The largest absolute Gasteiger partial charge is 0.296 e. The molecule has 0 saturated carbocycles. The number of hydrogen-bond acceptors (Lipinski definition) is 3. The molecule has 0 aliphatic carbocycles. The van der Waals surface area contributed by atoms with Crippen molar-refractivity contribution in [1.29, 1.82) is 0 Å². The minimum atomic E-state index is 0.841. The van der Waals surface area contributed by atoms with Crippen molar-refractivity contribution in [2.45, 2.75) is 20.0 Å². The lowest BCUT2D eigenvalue weighted by Crippen LogP contribution is -2.18. The zero-order valence-corrected chi connectivity index (χ0v) is 12.2. The Morgan fingerprint density at radius 1 is 1.22 bits per heavy atom. The van der Waals surface area contributed by atoms with E-state index < -0.39 is 0 Å². The van der Waals surface area contributed by atoms with E-state index in [4.69, 9.17) is 0 Å². The van der Waals surface area contributed by atoms with E-state index in [2.05, 4.69) is 50.0 Å². The quantitative estimate of drug-likeness (QED) is 0.869. The van der Waals surface area contributed by atoms with Crippen LogP contribution in [-0.4, -0.2) is 21.9 Å². The summed E-state index contributed by atoms with van der Waals surface area (Å²) in [6.07, 6.45) is 3.69. The minimum absolute atomic E-state index is 0.841. The zero-order chi connectivity index (χ0) is 13.0. The fourth-order valence-electron chi connectivity index (χ4n) is 1.87. The fourth-order valence-corrected chi connectivity index (χ4v) is 2.29. The van der Waals surface area contributed by atoms with Gasteiger partial charge in [-0.05, 0) is 53.7 Å². The molecule has 0 radical (unpaired) electrons. The van der Waals surface area contributed by atoms with Crippen molar-refractivity contribution in [2.24, 2.45) is 0 Å². The Hall–Kier alpha value is -1.26. The first-order valence-electron chi connectivity index (χ1n) is 5.84. The minimum Gasteiger partial charge on any atom is -0.296 e. The second-order valence-corrected chi connectivity index (χ2v) is 5.37. The van der Waals surface area contributed by atoms with Gasteiger partial charge >= 0.3 is 0 Å². The van der Waals surface area contributed by atoms with Crippen molar-refractivity contribution < 1.29 is 0 Å². The summed E-state index contributed by atoms with van der Waals surface area (Å²) in [7, 11) is 2.09. The monoisotopic (exact) mass is 305 g/mol. The van der Waals surface area contributed by atoms with Gasteiger partial charge in [-0.15, -0.1) is 0 Å². The molecule has 2 heterocycles. The molecule has 0 atom stereocenters. The third-order valence-electron chi connectivity index (χ3n) is 2.59. The first kappa shape index (κ1) is 13.2. The molecule has 0 bridgehead atoms. The van der Waals surface area contributed by atoms with Crippen LogP contribution in [0.2, 0.25) is 0 Å². The molecule has 0 aromatic carbocycles. The van der Waals surface area contributed by atoms with Crippen molar-refractivity contribution in [3.8, 4) is 0 Å². The van der Waals surface area contributed by atoms with Gasteiger partial charge in [-0.25, -0.2) is 0 Å². The molecule has 3 nitrogen and oxygen atoms in total. The van der Waals surface area contributed by atoms with Gasteiger partial charge < -0.3 is 0 Å². The first-order chi connectivity index (χ1) is 8.63. The first-order valence-corrected chi connectivity index (χ1v) is 6.63. The SMILES string of the molecule is Cc1cccc(CN(C)Cc2cncc(Br)c2)n1. The molecule has 0 N–H and O–H groups in total. The highest BCUT2D eigenvalue weighted by molar-refractivity contribution is 9.10.